The number of hydrogen-bond acceptors (Lipinski definition) is 9. The molecule has 310 valence electrons. The van der Waals surface area contributed by atoms with Gasteiger partial charge in [-0.2, -0.15) is 0 Å². The molecule has 0 heterocycles. The third-order valence-corrected chi connectivity index (χ3v) is 9.73. The molecule has 13 heteroatoms. The predicted octanol–water partition coefficient (Wildman–Crippen LogP) is 4.18. The van der Waals surface area contributed by atoms with E-state index >= 15 is 0 Å². The molecule has 0 aromatic heterocycles. The van der Waals surface area contributed by atoms with Crippen molar-refractivity contribution in [3.05, 3.63) is 138 Å². The van der Waals surface area contributed by atoms with E-state index in [9.17, 15) is 29.4 Å². The Kier molecular flexibility index (Phi) is 17.7. The molecule has 0 aliphatic rings. The van der Waals surface area contributed by atoms with Crippen LogP contribution in [-0.2, 0) is 38.7 Å². The van der Waals surface area contributed by atoms with Crippen LogP contribution in [0, 0.1) is 11.8 Å². The van der Waals surface area contributed by atoms with Crippen molar-refractivity contribution in [2.45, 2.75) is 83.6 Å². The quantitative estimate of drug-likeness (QED) is 0.0650. The molecule has 4 aromatic rings. The Morgan fingerprint density at radius 3 is 1.67 bits per heavy atom. The van der Waals surface area contributed by atoms with Gasteiger partial charge in [0.05, 0.1) is 31.9 Å². The summed E-state index contributed by atoms with van der Waals surface area (Å²) in [6.07, 6.45) is -2.22. The monoisotopic (exact) mass is 795 g/mol. The summed E-state index contributed by atoms with van der Waals surface area (Å²) >= 11 is 0. The summed E-state index contributed by atoms with van der Waals surface area (Å²) in [5.41, 5.74) is 3.02. The number of aliphatic hydroxyl groups excluding tert-OH is 2. The summed E-state index contributed by atoms with van der Waals surface area (Å²) in [5, 5.41) is 36.8. The zero-order valence-electron chi connectivity index (χ0n) is 33.8. The van der Waals surface area contributed by atoms with E-state index in [4.69, 9.17) is 9.47 Å². The average Bonchev–Trinajstić information content (AvgIpc) is 3.23. The minimum Gasteiger partial charge on any atom is -0.497 e. The first kappa shape index (κ1) is 44.9. The lowest BCUT2D eigenvalue weighted by atomic mass is 9.93. The molecule has 7 N–H and O–H groups in total. The van der Waals surface area contributed by atoms with Gasteiger partial charge in [-0.3, -0.25) is 19.7 Å². The number of ether oxygens (including phenoxy) is 2. The van der Waals surface area contributed by atoms with E-state index in [1.807, 2.05) is 78.9 Å². The molecule has 0 spiro atoms. The van der Waals surface area contributed by atoms with Crippen LogP contribution in [0.15, 0.2) is 115 Å². The molecule has 58 heavy (non-hydrogen) atoms. The van der Waals surface area contributed by atoms with Crippen molar-refractivity contribution in [3.8, 4) is 5.75 Å². The maximum atomic E-state index is 14.4. The van der Waals surface area contributed by atoms with Gasteiger partial charge in [0.15, 0.2) is 0 Å². The van der Waals surface area contributed by atoms with Gasteiger partial charge >= 0.3 is 6.09 Å². The molecular weight excluding hydrogens is 739 g/mol. The maximum Gasteiger partial charge on any atom is 0.408 e. The Morgan fingerprint density at radius 1 is 0.603 bits per heavy atom. The number of carbonyl (C=O) groups is 4. The van der Waals surface area contributed by atoms with Crippen molar-refractivity contribution in [1.29, 1.82) is 0 Å². The highest BCUT2D eigenvalue weighted by Gasteiger charge is 2.38. The van der Waals surface area contributed by atoms with Gasteiger partial charge in [0, 0.05) is 6.54 Å². The molecule has 4 amide bonds. The molecule has 4 aromatic carbocycles. The number of amides is 4. The number of methoxy groups -OCH3 is 1. The van der Waals surface area contributed by atoms with E-state index in [1.165, 1.54) is 0 Å². The lowest BCUT2D eigenvalue weighted by Crippen LogP contribution is -2.63. The minimum atomic E-state index is -1.55. The number of hydrogen-bond donors (Lipinski definition) is 7. The summed E-state index contributed by atoms with van der Waals surface area (Å²) in [5.74, 6) is -1.92. The van der Waals surface area contributed by atoms with Crippen molar-refractivity contribution >= 4 is 23.8 Å². The molecular formula is C45H57N5O8. The second-order valence-electron chi connectivity index (χ2n) is 14.8. The van der Waals surface area contributed by atoms with Gasteiger partial charge in [-0.1, -0.05) is 131 Å². The van der Waals surface area contributed by atoms with E-state index < -0.39 is 66.0 Å². The van der Waals surface area contributed by atoms with Crippen molar-refractivity contribution in [1.82, 2.24) is 26.6 Å². The molecule has 4 rings (SSSR count). The first-order valence-electron chi connectivity index (χ1n) is 19.5. The normalized spacial score (nSPS) is 14.3. The van der Waals surface area contributed by atoms with Gasteiger partial charge < -0.3 is 41.0 Å². The van der Waals surface area contributed by atoms with E-state index in [2.05, 4.69) is 26.6 Å². The van der Waals surface area contributed by atoms with Crippen LogP contribution in [0.5, 0.6) is 5.75 Å². The van der Waals surface area contributed by atoms with Crippen LogP contribution in [0.3, 0.4) is 0 Å². The van der Waals surface area contributed by atoms with Gasteiger partial charge in [0.1, 0.15) is 30.5 Å². The number of alkyl carbamates (subject to hydrolysis) is 1. The molecule has 0 aliphatic heterocycles. The van der Waals surface area contributed by atoms with Gasteiger partial charge in [-0.15, -0.1) is 0 Å². The van der Waals surface area contributed by atoms with Crippen LogP contribution in [0.2, 0.25) is 0 Å². The van der Waals surface area contributed by atoms with E-state index in [-0.39, 0.29) is 32.1 Å². The summed E-state index contributed by atoms with van der Waals surface area (Å²) in [6.45, 7) is 6.87. The molecule has 6 atom stereocenters. The Morgan fingerprint density at radius 2 is 1.12 bits per heavy atom. The molecule has 0 aliphatic carbocycles. The molecule has 0 unspecified atom stereocenters. The highest BCUT2D eigenvalue weighted by atomic mass is 16.5. The van der Waals surface area contributed by atoms with Crippen LogP contribution >= 0.6 is 0 Å². The second kappa shape index (κ2) is 22.8. The second-order valence-corrected chi connectivity index (χ2v) is 14.8. The Bertz CT molecular complexity index is 1860. The highest BCUT2D eigenvalue weighted by molar-refractivity contribution is 5.91. The number of rotatable bonds is 21. The molecule has 0 bridgehead atoms. The lowest BCUT2D eigenvalue weighted by molar-refractivity contribution is -0.134. The summed E-state index contributed by atoms with van der Waals surface area (Å²) in [7, 11) is 1.56. The van der Waals surface area contributed by atoms with Crippen LogP contribution in [0.1, 0.15) is 56.0 Å². The zero-order valence-corrected chi connectivity index (χ0v) is 33.8. The van der Waals surface area contributed by atoms with Gasteiger partial charge in [-0.05, 0) is 52.6 Å². The SMILES string of the molecule is COc1ccc(CN[C@@H](C(=O)N[C@H](C(=O)N[C@H](CO)c2ccccc2)C(C)C)[C@H](O)[C@H](Cc2ccccc2)NC(=O)[C@@H](NC(=O)OCc2ccccc2)C(C)C)cc1. The third-order valence-electron chi connectivity index (χ3n) is 9.73. The standard InChI is InChI=1S/C45H57N5O8/c1-29(2)38(42(53)48-37(27-51)34-19-13-8-14-20-34)49-44(55)40(46-26-32-21-23-35(57-5)24-22-32)41(52)36(25-31-15-9-6-10-16-31)47-43(54)39(30(3)4)50-45(56)58-28-33-17-11-7-12-18-33/h6-24,29-30,36-41,46,51-52H,25-28H2,1-5H3,(H,47,54)(H,48,53)(H,49,55)(H,50,56)/t36-,37+,38-,39-,40+,41+/m0/s1. The Balaban J connectivity index is 1.61. The topological polar surface area (TPSA) is 187 Å². The van der Waals surface area contributed by atoms with E-state index in [0.717, 1.165) is 16.7 Å². The summed E-state index contributed by atoms with van der Waals surface area (Å²) in [4.78, 5) is 55.1. The van der Waals surface area contributed by atoms with E-state index in [0.29, 0.717) is 11.3 Å². The number of nitrogens with one attached hydrogen (secondary N) is 5. The van der Waals surface area contributed by atoms with Crippen molar-refractivity contribution < 1.29 is 38.9 Å². The molecule has 0 fully saturated rings. The van der Waals surface area contributed by atoms with Crippen molar-refractivity contribution in [2.75, 3.05) is 13.7 Å². The summed E-state index contributed by atoms with van der Waals surface area (Å²) in [6, 6.07) is 29.3. The van der Waals surface area contributed by atoms with Crippen LogP contribution in [0.4, 0.5) is 4.79 Å². The highest BCUT2D eigenvalue weighted by Crippen LogP contribution is 2.17. The average molecular weight is 796 g/mol. The van der Waals surface area contributed by atoms with Gasteiger partial charge in [0.2, 0.25) is 17.7 Å². The van der Waals surface area contributed by atoms with Gasteiger partial charge in [0.25, 0.3) is 0 Å². The minimum absolute atomic E-state index is 0.00736. The summed E-state index contributed by atoms with van der Waals surface area (Å²) < 4.78 is 10.7. The fourth-order valence-electron chi connectivity index (χ4n) is 6.36. The van der Waals surface area contributed by atoms with Crippen molar-refractivity contribution in [3.63, 3.8) is 0 Å². The predicted molar refractivity (Wildman–Crippen MR) is 221 cm³/mol. The molecule has 0 saturated carbocycles. The van der Waals surface area contributed by atoms with Crippen LogP contribution in [-0.4, -0.2) is 78.0 Å². The number of aliphatic hydroxyl groups is 2. The zero-order chi connectivity index (χ0) is 42.0. The fourth-order valence-corrected chi connectivity index (χ4v) is 6.36. The number of benzene rings is 4. The molecule has 0 radical (unpaired) electrons. The van der Waals surface area contributed by atoms with Crippen LogP contribution < -0.4 is 31.3 Å². The largest absolute Gasteiger partial charge is 0.497 e. The van der Waals surface area contributed by atoms with Gasteiger partial charge in [-0.25, -0.2) is 4.79 Å². The maximum absolute atomic E-state index is 14.4. The third kappa shape index (κ3) is 13.7. The van der Waals surface area contributed by atoms with Crippen molar-refractivity contribution in [2.24, 2.45) is 11.8 Å². The molecule has 0 saturated heterocycles. The Hall–Kier alpha value is -5.76. The fraction of sp³-hybridized carbons (Fsp3) is 0.378. The van der Waals surface area contributed by atoms with Crippen LogP contribution in [0.25, 0.3) is 0 Å². The number of carbonyl (C=O) groups excluding carboxylic acids is 4. The Labute approximate surface area is 340 Å². The lowest BCUT2D eigenvalue weighted by Gasteiger charge is -2.34. The first-order chi connectivity index (χ1) is 27.9. The smallest absolute Gasteiger partial charge is 0.408 e. The molecule has 13 nitrogen and oxygen atoms in total. The van der Waals surface area contributed by atoms with E-state index in [1.54, 1.807) is 71.2 Å². The first-order valence-corrected chi connectivity index (χ1v) is 19.5.